The topological polar surface area (TPSA) is 75.6 Å². The number of rotatable bonds is 1. The molecule has 0 bridgehead atoms. The van der Waals surface area contributed by atoms with Gasteiger partial charge in [0.2, 0.25) is 0 Å². The second kappa shape index (κ2) is 3.93. The zero-order valence-electron chi connectivity index (χ0n) is 9.40. The molecular weight excluding hydrogens is 222 g/mol. The quantitative estimate of drug-likeness (QED) is 0.722. The van der Waals surface area contributed by atoms with Crippen LogP contribution in [-0.4, -0.2) is 17.1 Å². The largest absolute Gasteiger partial charge is 0.507 e. The van der Waals surface area contributed by atoms with Crippen LogP contribution in [0.3, 0.4) is 0 Å². The molecule has 0 radical (unpaired) electrons. The van der Waals surface area contributed by atoms with Gasteiger partial charge in [0.1, 0.15) is 5.75 Å². The molecule has 1 heterocycles. The van der Waals surface area contributed by atoms with E-state index in [1.165, 1.54) is 6.08 Å². The third-order valence-electron chi connectivity index (χ3n) is 2.45. The van der Waals surface area contributed by atoms with Gasteiger partial charge in [0, 0.05) is 0 Å². The zero-order chi connectivity index (χ0) is 12.6. The maximum Gasteiger partial charge on any atom is 0.419 e. The number of carbonyl (C=O) groups is 2. The number of hydrogen-bond donors (Lipinski definition) is 2. The number of imide groups is 1. The molecule has 0 unspecified atom stereocenters. The zero-order valence-corrected chi connectivity index (χ0v) is 9.40. The van der Waals surface area contributed by atoms with Gasteiger partial charge in [0.05, 0.1) is 0 Å². The van der Waals surface area contributed by atoms with Gasteiger partial charge in [-0.25, -0.2) is 4.79 Å². The maximum absolute atomic E-state index is 11.3. The SMILES string of the molecule is Cc1cc(/C=C2\OC(=O)NC2=O)cc(C)c1O. The molecule has 1 aromatic carbocycles. The Labute approximate surface area is 97.7 Å². The van der Waals surface area contributed by atoms with E-state index in [0.717, 1.165) is 0 Å². The van der Waals surface area contributed by atoms with Crippen LogP contribution in [0.2, 0.25) is 0 Å². The number of aryl methyl sites for hydroxylation is 2. The van der Waals surface area contributed by atoms with Crippen molar-refractivity contribution in [1.82, 2.24) is 5.32 Å². The summed E-state index contributed by atoms with van der Waals surface area (Å²) in [5.74, 6) is -0.377. The Balaban J connectivity index is 2.40. The van der Waals surface area contributed by atoms with Crippen LogP contribution in [-0.2, 0) is 9.53 Å². The lowest BCUT2D eigenvalue weighted by Gasteiger charge is -2.04. The molecule has 2 amide bonds. The lowest BCUT2D eigenvalue weighted by atomic mass is 10.1. The second-order valence-electron chi connectivity index (χ2n) is 3.86. The predicted molar refractivity (Wildman–Crippen MR) is 60.2 cm³/mol. The third-order valence-corrected chi connectivity index (χ3v) is 2.45. The van der Waals surface area contributed by atoms with Crippen molar-refractivity contribution in [2.75, 3.05) is 0 Å². The standard InChI is InChI=1S/C12H11NO4/c1-6-3-8(4-7(2)10(6)14)5-9-11(15)13-12(16)17-9/h3-5,14H,1-2H3,(H,13,15,16)/b9-5-. The molecule has 5 heteroatoms. The molecule has 0 saturated carbocycles. The fourth-order valence-corrected chi connectivity index (χ4v) is 1.65. The van der Waals surface area contributed by atoms with Gasteiger partial charge in [0.15, 0.2) is 5.76 Å². The number of phenolic OH excluding ortho intramolecular Hbond substituents is 1. The minimum Gasteiger partial charge on any atom is -0.507 e. The first-order valence-corrected chi connectivity index (χ1v) is 5.02. The number of cyclic esters (lactones) is 1. The van der Waals surface area contributed by atoms with Crippen molar-refractivity contribution < 1.29 is 19.4 Å². The number of alkyl carbamates (subject to hydrolysis) is 1. The van der Waals surface area contributed by atoms with Gasteiger partial charge in [-0.2, -0.15) is 0 Å². The van der Waals surface area contributed by atoms with E-state index in [2.05, 4.69) is 4.74 Å². The first-order valence-electron chi connectivity index (χ1n) is 5.02. The Bertz CT molecular complexity index is 522. The van der Waals surface area contributed by atoms with E-state index >= 15 is 0 Å². The van der Waals surface area contributed by atoms with Crippen LogP contribution in [0.5, 0.6) is 5.75 Å². The number of benzene rings is 1. The van der Waals surface area contributed by atoms with Crippen LogP contribution in [0.1, 0.15) is 16.7 Å². The summed E-state index contributed by atoms with van der Waals surface area (Å²) in [5, 5.41) is 11.6. The smallest absolute Gasteiger partial charge is 0.419 e. The highest BCUT2D eigenvalue weighted by Gasteiger charge is 2.25. The van der Waals surface area contributed by atoms with E-state index in [0.29, 0.717) is 16.7 Å². The minimum atomic E-state index is -0.770. The van der Waals surface area contributed by atoms with Gasteiger partial charge in [-0.15, -0.1) is 0 Å². The second-order valence-corrected chi connectivity index (χ2v) is 3.86. The highest BCUT2D eigenvalue weighted by Crippen LogP contribution is 2.24. The lowest BCUT2D eigenvalue weighted by Crippen LogP contribution is -2.18. The minimum absolute atomic E-state index is 0.0421. The lowest BCUT2D eigenvalue weighted by molar-refractivity contribution is -0.116. The van der Waals surface area contributed by atoms with Crippen LogP contribution in [0.15, 0.2) is 17.9 Å². The summed E-state index contributed by atoms with van der Waals surface area (Å²) >= 11 is 0. The number of phenols is 1. The van der Waals surface area contributed by atoms with Crippen molar-refractivity contribution in [3.05, 3.63) is 34.6 Å². The number of nitrogens with one attached hydrogen (secondary N) is 1. The van der Waals surface area contributed by atoms with Crippen molar-refractivity contribution >= 4 is 18.1 Å². The monoisotopic (exact) mass is 233 g/mol. The van der Waals surface area contributed by atoms with Crippen molar-refractivity contribution in [2.45, 2.75) is 13.8 Å². The summed E-state index contributed by atoms with van der Waals surface area (Å²) in [6.45, 7) is 3.51. The highest BCUT2D eigenvalue weighted by atomic mass is 16.6. The molecule has 88 valence electrons. The highest BCUT2D eigenvalue weighted by molar-refractivity contribution is 6.09. The summed E-state index contributed by atoms with van der Waals surface area (Å²) in [6.07, 6.45) is 0.688. The molecular formula is C12H11NO4. The van der Waals surface area contributed by atoms with Crippen LogP contribution >= 0.6 is 0 Å². The van der Waals surface area contributed by atoms with E-state index in [1.807, 2.05) is 5.32 Å². The molecule has 1 aliphatic heterocycles. The summed E-state index contributed by atoms with van der Waals surface area (Å²) in [4.78, 5) is 22.1. The molecule has 1 fully saturated rings. The molecule has 5 nitrogen and oxygen atoms in total. The average molecular weight is 233 g/mol. The van der Waals surface area contributed by atoms with Gasteiger partial charge in [-0.3, -0.25) is 10.1 Å². The van der Waals surface area contributed by atoms with Gasteiger partial charge in [0.25, 0.3) is 5.91 Å². The van der Waals surface area contributed by atoms with Gasteiger partial charge in [-0.1, -0.05) is 0 Å². The molecule has 1 aromatic rings. The first kappa shape index (κ1) is 11.2. The molecule has 17 heavy (non-hydrogen) atoms. The summed E-state index contributed by atoms with van der Waals surface area (Å²) in [5.41, 5.74) is 2.08. The van der Waals surface area contributed by atoms with Gasteiger partial charge >= 0.3 is 6.09 Å². The summed E-state index contributed by atoms with van der Waals surface area (Å²) < 4.78 is 4.69. The Hall–Kier alpha value is -2.30. The number of aromatic hydroxyl groups is 1. The predicted octanol–water partition coefficient (Wildman–Crippen LogP) is 1.62. The Kier molecular flexibility index (Phi) is 2.59. The molecule has 1 aliphatic rings. The number of carbonyl (C=O) groups excluding carboxylic acids is 2. The van der Waals surface area contributed by atoms with Crippen LogP contribution in [0.25, 0.3) is 6.08 Å². The van der Waals surface area contributed by atoms with Crippen molar-refractivity contribution in [3.8, 4) is 5.75 Å². The van der Waals surface area contributed by atoms with E-state index in [-0.39, 0.29) is 11.5 Å². The summed E-state index contributed by atoms with van der Waals surface area (Å²) in [7, 11) is 0. The van der Waals surface area contributed by atoms with Crippen LogP contribution in [0, 0.1) is 13.8 Å². The molecule has 0 atom stereocenters. The average Bonchev–Trinajstić information content (AvgIpc) is 2.54. The van der Waals surface area contributed by atoms with Gasteiger partial charge < -0.3 is 9.84 Å². The molecule has 0 aromatic heterocycles. The number of amides is 2. The van der Waals surface area contributed by atoms with E-state index in [1.54, 1.807) is 26.0 Å². The first-order chi connectivity index (χ1) is 7.97. The Morgan fingerprint density at radius 1 is 1.24 bits per heavy atom. The molecule has 2 rings (SSSR count). The van der Waals surface area contributed by atoms with Crippen molar-refractivity contribution in [3.63, 3.8) is 0 Å². The van der Waals surface area contributed by atoms with E-state index < -0.39 is 12.0 Å². The van der Waals surface area contributed by atoms with Crippen LogP contribution < -0.4 is 5.32 Å². The van der Waals surface area contributed by atoms with E-state index in [4.69, 9.17) is 0 Å². The van der Waals surface area contributed by atoms with Crippen molar-refractivity contribution in [1.29, 1.82) is 0 Å². The fourth-order valence-electron chi connectivity index (χ4n) is 1.65. The van der Waals surface area contributed by atoms with Gasteiger partial charge in [-0.05, 0) is 48.7 Å². The molecule has 2 N–H and O–H groups in total. The van der Waals surface area contributed by atoms with E-state index in [9.17, 15) is 14.7 Å². The molecule has 0 aliphatic carbocycles. The van der Waals surface area contributed by atoms with Crippen molar-refractivity contribution in [2.24, 2.45) is 0 Å². The summed E-state index contributed by atoms with van der Waals surface area (Å²) in [6, 6.07) is 3.41. The number of ether oxygens (including phenoxy) is 1. The molecule has 1 saturated heterocycles. The molecule has 0 spiro atoms. The third kappa shape index (κ3) is 2.13. The van der Waals surface area contributed by atoms with Crippen LogP contribution in [0.4, 0.5) is 4.79 Å². The number of hydrogen-bond acceptors (Lipinski definition) is 4. The fraction of sp³-hybridized carbons (Fsp3) is 0.167. The maximum atomic E-state index is 11.3. The normalized spacial score (nSPS) is 17.2. The Morgan fingerprint density at radius 2 is 1.82 bits per heavy atom. The Morgan fingerprint density at radius 3 is 2.29 bits per heavy atom.